The molecule has 2 aliphatic carbocycles. The molecule has 0 spiro atoms. The summed E-state index contributed by atoms with van der Waals surface area (Å²) in [4.78, 5) is 16.9. The van der Waals surface area contributed by atoms with Crippen LogP contribution in [-0.2, 0) is 4.79 Å². The summed E-state index contributed by atoms with van der Waals surface area (Å²) in [7, 11) is 0. The molecule has 0 unspecified atom stereocenters. The molecule has 0 radical (unpaired) electrons. The highest BCUT2D eigenvalue weighted by Crippen LogP contribution is 2.39. The maximum absolute atomic E-state index is 12.1. The van der Waals surface area contributed by atoms with Gasteiger partial charge in [-0.3, -0.25) is 9.78 Å². The zero-order valence-electron chi connectivity index (χ0n) is 21.5. The molecule has 4 aromatic heterocycles. The molecule has 0 atom stereocenters. The predicted molar refractivity (Wildman–Crippen MR) is 147 cm³/mol. The van der Waals surface area contributed by atoms with Crippen molar-refractivity contribution in [2.24, 2.45) is 5.92 Å². The maximum atomic E-state index is 12.1. The first-order chi connectivity index (χ1) is 18.5. The van der Waals surface area contributed by atoms with Gasteiger partial charge in [-0.1, -0.05) is 11.3 Å². The normalized spacial score (nSPS) is 19.4. The van der Waals surface area contributed by atoms with Crippen LogP contribution in [0.5, 0.6) is 0 Å². The van der Waals surface area contributed by atoms with Gasteiger partial charge in [0.05, 0.1) is 34.2 Å². The zero-order valence-corrected chi connectivity index (χ0v) is 22.3. The molecule has 4 heterocycles. The van der Waals surface area contributed by atoms with E-state index in [1.54, 1.807) is 22.0 Å². The lowest BCUT2D eigenvalue weighted by molar-refractivity contribution is -0.123. The second-order valence-corrected chi connectivity index (χ2v) is 11.6. The summed E-state index contributed by atoms with van der Waals surface area (Å²) in [5, 5.41) is 31.5. The largest absolute Gasteiger partial charge is 0.382 e. The summed E-state index contributed by atoms with van der Waals surface area (Å²) in [5.74, 6) is 0.875. The molecule has 0 aliphatic heterocycles. The SMILES string of the molecule is CC(C)Nc1cc(-c2ccc3cc(C#N)cnn23)ncc1-c1nnc(C2CCC(NC(=O)C3CC3)CC2)s1. The minimum absolute atomic E-state index is 0.220. The summed E-state index contributed by atoms with van der Waals surface area (Å²) in [6.45, 7) is 4.21. The summed E-state index contributed by atoms with van der Waals surface area (Å²) in [6, 6.07) is 10.4. The molecule has 2 fully saturated rings. The number of nitriles is 1. The molecule has 10 heteroatoms. The van der Waals surface area contributed by atoms with Crippen LogP contribution in [0.4, 0.5) is 5.69 Å². The summed E-state index contributed by atoms with van der Waals surface area (Å²) < 4.78 is 1.80. The van der Waals surface area contributed by atoms with Crippen molar-refractivity contribution in [1.29, 1.82) is 5.26 Å². The number of carbonyl (C=O) groups excluding carboxylic acids is 1. The first-order valence-electron chi connectivity index (χ1n) is 13.3. The Kier molecular flexibility index (Phi) is 6.54. The van der Waals surface area contributed by atoms with Gasteiger partial charge < -0.3 is 10.6 Å². The number of fused-ring (bicyclic) bond motifs is 1. The number of carbonyl (C=O) groups is 1. The van der Waals surface area contributed by atoms with Gasteiger partial charge in [-0.15, -0.1) is 10.2 Å². The summed E-state index contributed by atoms with van der Waals surface area (Å²) in [6.07, 6.45) is 9.52. The predicted octanol–water partition coefficient (Wildman–Crippen LogP) is 5.16. The number of hydrogen-bond donors (Lipinski definition) is 2. The minimum atomic E-state index is 0.220. The zero-order chi connectivity index (χ0) is 26.2. The van der Waals surface area contributed by atoms with Crippen molar-refractivity contribution < 1.29 is 4.79 Å². The summed E-state index contributed by atoms with van der Waals surface area (Å²) in [5.41, 5.74) is 4.88. The second-order valence-electron chi connectivity index (χ2n) is 10.6. The quantitative estimate of drug-likeness (QED) is 0.341. The average Bonchev–Trinajstić information content (AvgIpc) is 3.52. The lowest BCUT2D eigenvalue weighted by atomic mass is 9.86. The Balaban J connectivity index is 1.22. The maximum Gasteiger partial charge on any atom is 0.223 e. The fourth-order valence-electron chi connectivity index (χ4n) is 5.11. The second kappa shape index (κ2) is 10.1. The number of rotatable bonds is 7. The molecular formula is C28H30N8OS. The van der Waals surface area contributed by atoms with Crippen LogP contribution < -0.4 is 10.6 Å². The molecule has 2 aliphatic rings. The highest BCUT2D eigenvalue weighted by Gasteiger charge is 2.33. The van der Waals surface area contributed by atoms with Crippen LogP contribution in [0.1, 0.15) is 68.9 Å². The van der Waals surface area contributed by atoms with Gasteiger partial charge in [0.1, 0.15) is 11.1 Å². The van der Waals surface area contributed by atoms with Crippen LogP contribution in [0, 0.1) is 17.2 Å². The molecule has 2 saturated carbocycles. The number of nitrogens with zero attached hydrogens (tertiary/aromatic N) is 6. The lowest BCUT2D eigenvalue weighted by Crippen LogP contribution is -2.38. The topological polar surface area (TPSA) is 121 Å². The van der Waals surface area contributed by atoms with Crippen LogP contribution in [0.15, 0.2) is 36.7 Å². The number of hydrogen-bond acceptors (Lipinski definition) is 8. The van der Waals surface area contributed by atoms with Crippen LogP contribution in [0.2, 0.25) is 0 Å². The molecular weight excluding hydrogens is 496 g/mol. The molecule has 38 heavy (non-hydrogen) atoms. The third-order valence-electron chi connectivity index (χ3n) is 7.28. The monoisotopic (exact) mass is 526 g/mol. The fourth-order valence-corrected chi connectivity index (χ4v) is 6.14. The Morgan fingerprint density at radius 1 is 1.11 bits per heavy atom. The van der Waals surface area contributed by atoms with Crippen LogP contribution in [0.3, 0.4) is 0 Å². The van der Waals surface area contributed by atoms with Crippen molar-refractivity contribution in [1.82, 2.24) is 30.1 Å². The van der Waals surface area contributed by atoms with Gasteiger partial charge in [0.15, 0.2) is 5.01 Å². The highest BCUT2D eigenvalue weighted by molar-refractivity contribution is 7.14. The van der Waals surface area contributed by atoms with Crippen LogP contribution in [0.25, 0.3) is 27.5 Å². The van der Waals surface area contributed by atoms with Crippen molar-refractivity contribution in [2.45, 2.75) is 70.4 Å². The highest BCUT2D eigenvalue weighted by atomic mass is 32.1. The summed E-state index contributed by atoms with van der Waals surface area (Å²) >= 11 is 1.64. The number of nitrogens with one attached hydrogen (secondary N) is 2. The standard InChI is InChI=1S/C28H30N8OS/c1-16(2)32-23-12-24(25-10-9-21-11-17(13-29)14-31-36(21)25)30-15-22(23)28-35-34-27(38-28)19-5-7-20(8-6-19)33-26(37)18-3-4-18/h9-12,14-16,18-20H,3-8H2,1-2H3,(H,30,32)(H,33,37). The van der Waals surface area contributed by atoms with Crippen molar-refractivity contribution in [3.63, 3.8) is 0 Å². The van der Waals surface area contributed by atoms with Crippen LogP contribution >= 0.6 is 11.3 Å². The van der Waals surface area contributed by atoms with Gasteiger partial charge in [0.2, 0.25) is 5.91 Å². The Hall–Kier alpha value is -3.84. The number of aromatic nitrogens is 5. The minimum Gasteiger partial charge on any atom is -0.382 e. The van der Waals surface area contributed by atoms with E-state index in [4.69, 9.17) is 4.98 Å². The molecule has 2 N–H and O–H groups in total. The van der Waals surface area contributed by atoms with Gasteiger partial charge in [0, 0.05) is 35.8 Å². The number of anilines is 1. The van der Waals surface area contributed by atoms with Gasteiger partial charge in [-0.2, -0.15) is 10.4 Å². The molecule has 1 amide bonds. The molecule has 9 nitrogen and oxygen atoms in total. The third-order valence-corrected chi connectivity index (χ3v) is 8.40. The van der Waals surface area contributed by atoms with E-state index < -0.39 is 0 Å². The molecule has 4 aromatic rings. The number of pyridine rings is 1. The molecule has 194 valence electrons. The van der Waals surface area contributed by atoms with E-state index in [1.165, 1.54) is 0 Å². The first-order valence-corrected chi connectivity index (χ1v) is 14.1. The smallest absolute Gasteiger partial charge is 0.223 e. The molecule has 0 saturated heterocycles. The van der Waals surface area contributed by atoms with Crippen molar-refractivity contribution in [2.75, 3.05) is 5.32 Å². The van der Waals surface area contributed by atoms with E-state index in [9.17, 15) is 10.1 Å². The molecule has 6 rings (SSSR count). The van der Waals surface area contributed by atoms with Crippen molar-refractivity contribution in [3.05, 3.63) is 47.2 Å². The van der Waals surface area contributed by atoms with Crippen molar-refractivity contribution >= 4 is 28.4 Å². The van der Waals surface area contributed by atoms with E-state index in [0.29, 0.717) is 11.5 Å². The van der Waals surface area contributed by atoms with Gasteiger partial charge in [-0.05, 0) is 76.6 Å². The van der Waals surface area contributed by atoms with E-state index >= 15 is 0 Å². The third kappa shape index (κ3) is 4.98. The van der Waals surface area contributed by atoms with Gasteiger partial charge >= 0.3 is 0 Å². The van der Waals surface area contributed by atoms with E-state index in [2.05, 4.69) is 45.8 Å². The van der Waals surface area contributed by atoms with Crippen molar-refractivity contribution in [3.8, 4) is 28.0 Å². The van der Waals surface area contributed by atoms with Crippen LogP contribution in [-0.4, -0.2) is 42.8 Å². The van der Waals surface area contributed by atoms with E-state index in [1.807, 2.05) is 30.5 Å². The van der Waals surface area contributed by atoms with Gasteiger partial charge in [0.25, 0.3) is 0 Å². The fraction of sp³-hybridized carbons (Fsp3) is 0.429. The van der Waals surface area contributed by atoms with Gasteiger partial charge in [-0.25, -0.2) is 4.52 Å². The molecule has 0 bridgehead atoms. The first kappa shape index (κ1) is 24.5. The Morgan fingerprint density at radius 2 is 1.92 bits per heavy atom. The van der Waals surface area contributed by atoms with E-state index in [-0.39, 0.29) is 23.9 Å². The average molecular weight is 527 g/mol. The van der Waals surface area contributed by atoms with E-state index in [0.717, 1.165) is 76.7 Å². The Bertz CT molecular complexity index is 1520. The lowest BCUT2D eigenvalue weighted by Gasteiger charge is -2.27. The molecule has 0 aromatic carbocycles. The Morgan fingerprint density at radius 3 is 2.66 bits per heavy atom. The number of amides is 1. The Labute approximate surface area is 225 Å².